The number of para-hydroxylation sites is 1. The number of nitrogens with one attached hydrogen (secondary N) is 3. The Balaban J connectivity index is 1.49. The lowest BCUT2D eigenvalue weighted by Gasteiger charge is -2.35. The van der Waals surface area contributed by atoms with Gasteiger partial charge in [0, 0.05) is 6.54 Å². The largest absolute Gasteiger partial charge is 0.481 e. The van der Waals surface area contributed by atoms with Gasteiger partial charge in [0.25, 0.3) is 0 Å². The summed E-state index contributed by atoms with van der Waals surface area (Å²) in [6, 6.07) is 24.3. The fourth-order valence-electron chi connectivity index (χ4n) is 4.44. The van der Waals surface area contributed by atoms with Crippen LogP contribution in [0.15, 0.2) is 66.7 Å². The van der Waals surface area contributed by atoms with Crippen molar-refractivity contribution >= 4 is 17.3 Å². The van der Waals surface area contributed by atoms with E-state index in [0.717, 1.165) is 42.0 Å². The van der Waals surface area contributed by atoms with Crippen LogP contribution in [0.3, 0.4) is 0 Å². The van der Waals surface area contributed by atoms with Crippen molar-refractivity contribution in [2.45, 2.75) is 31.8 Å². The highest BCUT2D eigenvalue weighted by molar-refractivity contribution is 5.77. The van der Waals surface area contributed by atoms with Crippen molar-refractivity contribution in [1.29, 1.82) is 5.26 Å². The van der Waals surface area contributed by atoms with Crippen LogP contribution in [0.4, 0.5) is 11.4 Å². The molecule has 33 heavy (non-hydrogen) atoms. The van der Waals surface area contributed by atoms with E-state index in [0.29, 0.717) is 5.56 Å². The Morgan fingerprint density at radius 1 is 1.18 bits per heavy atom. The molecule has 3 aromatic carbocycles. The Kier molecular flexibility index (Phi) is 6.92. The number of nitriles is 1. The third kappa shape index (κ3) is 5.33. The van der Waals surface area contributed by atoms with E-state index in [2.05, 4.69) is 34.2 Å². The predicted octanol–water partition coefficient (Wildman–Crippen LogP) is 4.27. The molecule has 168 valence electrons. The molecule has 0 amide bonds. The first-order chi connectivity index (χ1) is 16.0. The van der Waals surface area contributed by atoms with Gasteiger partial charge < -0.3 is 21.1 Å². The second-order valence-electron chi connectivity index (χ2n) is 8.40. The summed E-state index contributed by atoms with van der Waals surface area (Å²) in [7, 11) is 0. The molecule has 0 radical (unpaired) electrons. The molecule has 6 heteroatoms. The Hall–Kier alpha value is -3.82. The number of fused-ring (bicyclic) bond motifs is 1. The minimum atomic E-state index is -0.816. The molecule has 2 atom stereocenters. The van der Waals surface area contributed by atoms with Crippen LogP contribution < -0.4 is 16.0 Å². The third-order valence-corrected chi connectivity index (χ3v) is 6.11. The van der Waals surface area contributed by atoms with Gasteiger partial charge in [-0.2, -0.15) is 5.26 Å². The quantitative estimate of drug-likeness (QED) is 0.418. The lowest BCUT2D eigenvalue weighted by atomic mass is 9.95. The molecule has 0 bridgehead atoms. The van der Waals surface area contributed by atoms with Crippen molar-refractivity contribution in [3.8, 4) is 6.07 Å². The van der Waals surface area contributed by atoms with Crippen LogP contribution in [0, 0.1) is 18.3 Å². The van der Waals surface area contributed by atoms with Gasteiger partial charge in [0.2, 0.25) is 0 Å². The minimum Gasteiger partial charge on any atom is -0.481 e. The molecule has 4 rings (SSSR count). The van der Waals surface area contributed by atoms with Crippen molar-refractivity contribution < 1.29 is 9.90 Å². The van der Waals surface area contributed by atoms with E-state index in [9.17, 15) is 10.1 Å². The van der Waals surface area contributed by atoms with Crippen LogP contribution in [0.1, 0.15) is 33.9 Å². The summed E-state index contributed by atoms with van der Waals surface area (Å²) in [4.78, 5) is 11.0. The van der Waals surface area contributed by atoms with E-state index >= 15 is 0 Å². The first kappa shape index (κ1) is 22.4. The number of carboxylic acids is 1. The summed E-state index contributed by atoms with van der Waals surface area (Å²) in [6.45, 7) is 3.53. The van der Waals surface area contributed by atoms with Crippen LogP contribution in [-0.2, 0) is 17.6 Å². The number of carboxylic acid groups (broad SMARTS) is 1. The van der Waals surface area contributed by atoms with E-state index in [4.69, 9.17) is 5.11 Å². The van der Waals surface area contributed by atoms with Gasteiger partial charge in [-0.1, -0.05) is 54.6 Å². The maximum atomic E-state index is 11.0. The normalized spacial score (nSPS) is 15.5. The Labute approximate surface area is 194 Å². The smallest absolute Gasteiger partial charge is 0.307 e. The summed E-state index contributed by atoms with van der Waals surface area (Å²) in [5, 5.41) is 29.3. The monoisotopic (exact) mass is 440 g/mol. The second-order valence-corrected chi connectivity index (χ2v) is 8.40. The molecule has 0 aliphatic carbocycles. The van der Waals surface area contributed by atoms with Crippen LogP contribution in [0.5, 0.6) is 0 Å². The molecule has 0 saturated carbocycles. The summed E-state index contributed by atoms with van der Waals surface area (Å²) in [5.74, 6) is -0.816. The minimum absolute atomic E-state index is 0.0436. The van der Waals surface area contributed by atoms with Crippen LogP contribution >= 0.6 is 0 Å². The number of hydrogen-bond donors (Lipinski definition) is 4. The topological polar surface area (TPSA) is 97.2 Å². The van der Waals surface area contributed by atoms with Gasteiger partial charge in [-0.25, -0.2) is 0 Å². The molecule has 1 heterocycles. The number of aliphatic carboxylic acids is 1. The number of carbonyl (C=O) groups is 1. The molecule has 1 aliphatic heterocycles. The lowest BCUT2D eigenvalue weighted by molar-refractivity contribution is -0.136. The van der Waals surface area contributed by atoms with E-state index < -0.39 is 5.97 Å². The molecule has 0 spiro atoms. The third-order valence-electron chi connectivity index (χ3n) is 6.11. The molecule has 0 aromatic heterocycles. The zero-order chi connectivity index (χ0) is 23.2. The van der Waals surface area contributed by atoms with Crippen LogP contribution in [0.2, 0.25) is 0 Å². The predicted molar refractivity (Wildman–Crippen MR) is 130 cm³/mol. The van der Waals surface area contributed by atoms with Crippen molar-refractivity contribution in [3.63, 3.8) is 0 Å². The number of benzene rings is 3. The van der Waals surface area contributed by atoms with Gasteiger partial charge in [0.1, 0.15) is 6.07 Å². The highest BCUT2D eigenvalue weighted by Crippen LogP contribution is 2.33. The van der Waals surface area contributed by atoms with E-state index in [-0.39, 0.29) is 18.5 Å². The number of rotatable bonds is 8. The zero-order valence-electron chi connectivity index (χ0n) is 18.6. The van der Waals surface area contributed by atoms with E-state index in [1.54, 1.807) is 0 Å². The van der Waals surface area contributed by atoms with Crippen molar-refractivity contribution in [3.05, 3.63) is 94.5 Å². The van der Waals surface area contributed by atoms with Crippen molar-refractivity contribution in [1.82, 2.24) is 5.32 Å². The highest BCUT2D eigenvalue weighted by Gasteiger charge is 2.27. The van der Waals surface area contributed by atoms with Gasteiger partial charge in [0.15, 0.2) is 0 Å². The fourth-order valence-corrected chi connectivity index (χ4v) is 4.44. The Morgan fingerprint density at radius 3 is 2.73 bits per heavy atom. The number of hydrogen-bond acceptors (Lipinski definition) is 5. The van der Waals surface area contributed by atoms with Crippen LogP contribution in [-0.4, -0.2) is 30.2 Å². The summed E-state index contributed by atoms with van der Waals surface area (Å²) < 4.78 is 0. The first-order valence-electron chi connectivity index (χ1n) is 11.2. The number of nitrogens with zero attached hydrogens (tertiary/aromatic N) is 1. The molecular formula is C27H28N4O2. The highest BCUT2D eigenvalue weighted by atomic mass is 16.4. The fraction of sp³-hybridized carbons (Fsp3) is 0.259. The first-order valence-corrected chi connectivity index (χ1v) is 11.2. The average Bonchev–Trinajstić information content (AvgIpc) is 2.82. The summed E-state index contributed by atoms with van der Waals surface area (Å²) >= 11 is 0. The lowest BCUT2D eigenvalue weighted by Crippen LogP contribution is -2.44. The summed E-state index contributed by atoms with van der Waals surface area (Å²) in [5.41, 5.74) is 6.75. The molecule has 0 saturated heterocycles. The maximum absolute atomic E-state index is 11.0. The average molecular weight is 441 g/mol. The SMILES string of the molecule is Cc1cc(CC(=O)O)ccc1CCN[C@H](c1ccccc1)[C@H]1CNc2cccc(C#N)c2N1. The maximum Gasteiger partial charge on any atom is 0.307 e. The molecule has 4 N–H and O–H groups in total. The zero-order valence-corrected chi connectivity index (χ0v) is 18.6. The van der Waals surface area contributed by atoms with Gasteiger partial charge >= 0.3 is 5.97 Å². The summed E-state index contributed by atoms with van der Waals surface area (Å²) in [6.07, 6.45) is 0.880. The second kappa shape index (κ2) is 10.2. The standard InChI is InChI=1S/C27H28N4O2/c1-18-14-19(15-25(32)33)10-11-20(18)12-13-29-26(21-6-3-2-4-7-21)24-17-30-23-9-5-8-22(16-28)27(23)31-24/h2-11,14,24,26,29-31H,12-13,15,17H2,1H3,(H,32,33)/t24-,26-/m1/s1. The van der Waals surface area contributed by atoms with Gasteiger partial charge in [-0.05, 0) is 54.3 Å². The van der Waals surface area contributed by atoms with Gasteiger partial charge in [-0.3, -0.25) is 4.79 Å². The Bertz CT molecular complexity index is 1170. The number of aryl methyl sites for hydroxylation is 1. The molecule has 1 aliphatic rings. The van der Waals surface area contributed by atoms with Crippen molar-refractivity contribution in [2.75, 3.05) is 23.7 Å². The molecule has 3 aromatic rings. The van der Waals surface area contributed by atoms with Gasteiger partial charge in [0.05, 0.1) is 35.4 Å². The number of anilines is 2. The van der Waals surface area contributed by atoms with Gasteiger partial charge in [-0.15, -0.1) is 0 Å². The van der Waals surface area contributed by atoms with Crippen molar-refractivity contribution in [2.24, 2.45) is 0 Å². The van der Waals surface area contributed by atoms with E-state index in [1.807, 2.05) is 61.5 Å². The van der Waals surface area contributed by atoms with Crippen LogP contribution in [0.25, 0.3) is 0 Å². The molecule has 6 nitrogen and oxygen atoms in total. The van der Waals surface area contributed by atoms with E-state index in [1.165, 1.54) is 11.1 Å². The Morgan fingerprint density at radius 2 is 2.00 bits per heavy atom. The molecular weight excluding hydrogens is 412 g/mol. The molecule has 0 unspecified atom stereocenters. The molecule has 0 fully saturated rings.